The minimum atomic E-state index is -2.89. The number of benzene rings is 1. The van der Waals surface area contributed by atoms with Crippen molar-refractivity contribution in [3.05, 3.63) is 35.8 Å². The molecule has 1 N–H and O–H groups in total. The zero-order chi connectivity index (χ0) is 16.3. The van der Waals surface area contributed by atoms with E-state index in [4.69, 9.17) is 0 Å². The quantitative estimate of drug-likeness (QED) is 0.878. The number of thioether (sulfide) groups is 1. The first-order chi connectivity index (χ1) is 11.0. The second-order valence-electron chi connectivity index (χ2n) is 5.30. The minimum Gasteiger partial charge on any atom is -0.325 e. The molecule has 3 rings (SSSR count). The maximum Gasteiger partial charge on any atom is 0.234 e. The molecule has 1 aliphatic rings. The van der Waals surface area contributed by atoms with Crippen LogP contribution < -0.4 is 5.32 Å². The molecule has 0 radical (unpaired) electrons. The monoisotopic (exact) mass is 368 g/mol. The number of hydrogen-bond acceptors (Lipinski definition) is 6. The predicted molar refractivity (Wildman–Crippen MR) is 95.7 cm³/mol. The van der Waals surface area contributed by atoms with Crippen molar-refractivity contribution in [2.45, 2.75) is 11.7 Å². The number of carbonyl (C=O) groups is 1. The summed E-state index contributed by atoms with van der Waals surface area (Å²) in [5, 5.41) is 5.74. The molecule has 0 saturated carbocycles. The van der Waals surface area contributed by atoms with E-state index in [1.165, 1.54) is 11.8 Å². The number of carbonyl (C=O) groups excluding carboxylic acids is 1. The van der Waals surface area contributed by atoms with Crippen LogP contribution in [-0.2, 0) is 14.6 Å². The van der Waals surface area contributed by atoms with Crippen molar-refractivity contribution in [1.29, 1.82) is 0 Å². The standard InChI is InChI=1S/C15H16N2O3S3/c18-14(9-22-13-5-8-23(19,20)10-13)17-12-3-1-11(2-4-12)15-16-6-7-21-15/h1-4,6-7,13H,5,8-10H2,(H,17,18)/t13-/m1/s1. The van der Waals surface area contributed by atoms with E-state index in [1.54, 1.807) is 17.5 Å². The highest BCUT2D eigenvalue weighted by Crippen LogP contribution is 2.25. The van der Waals surface area contributed by atoms with E-state index in [9.17, 15) is 13.2 Å². The molecule has 1 amide bonds. The Kier molecular flexibility index (Phi) is 5.03. The third-order valence-corrected chi connectivity index (χ3v) is 7.59. The molecule has 1 atom stereocenters. The van der Waals surface area contributed by atoms with Gasteiger partial charge in [-0.2, -0.15) is 0 Å². The molecule has 2 aromatic rings. The number of hydrogen-bond donors (Lipinski definition) is 1. The Morgan fingerprint density at radius 2 is 2.13 bits per heavy atom. The summed E-state index contributed by atoms with van der Waals surface area (Å²) in [6, 6.07) is 7.54. The lowest BCUT2D eigenvalue weighted by atomic mass is 10.2. The highest BCUT2D eigenvalue weighted by molar-refractivity contribution is 8.02. The van der Waals surface area contributed by atoms with Gasteiger partial charge in [-0.1, -0.05) is 0 Å². The van der Waals surface area contributed by atoms with Gasteiger partial charge in [0.1, 0.15) is 5.01 Å². The highest BCUT2D eigenvalue weighted by Gasteiger charge is 2.28. The zero-order valence-corrected chi connectivity index (χ0v) is 14.7. The zero-order valence-electron chi connectivity index (χ0n) is 12.3. The van der Waals surface area contributed by atoms with E-state index in [-0.39, 0.29) is 28.4 Å². The molecule has 0 aliphatic carbocycles. The topological polar surface area (TPSA) is 76.1 Å². The second kappa shape index (κ2) is 7.02. The first-order valence-electron chi connectivity index (χ1n) is 7.14. The number of aromatic nitrogens is 1. The van der Waals surface area contributed by atoms with E-state index in [1.807, 2.05) is 29.6 Å². The highest BCUT2D eigenvalue weighted by atomic mass is 32.2. The van der Waals surface area contributed by atoms with E-state index in [0.29, 0.717) is 6.42 Å². The fourth-order valence-electron chi connectivity index (χ4n) is 2.35. The smallest absolute Gasteiger partial charge is 0.234 e. The third kappa shape index (κ3) is 4.55. The van der Waals surface area contributed by atoms with Gasteiger partial charge in [-0.25, -0.2) is 13.4 Å². The van der Waals surface area contributed by atoms with Crippen molar-refractivity contribution in [3.8, 4) is 10.6 Å². The molecule has 0 spiro atoms. The Labute approximate surface area is 143 Å². The lowest BCUT2D eigenvalue weighted by Gasteiger charge is -2.08. The summed E-state index contributed by atoms with van der Waals surface area (Å²) >= 11 is 2.98. The molecule has 0 bridgehead atoms. The summed E-state index contributed by atoms with van der Waals surface area (Å²) in [6.45, 7) is 0. The van der Waals surface area contributed by atoms with Crippen molar-refractivity contribution in [1.82, 2.24) is 4.98 Å². The molecule has 1 aromatic carbocycles. The van der Waals surface area contributed by atoms with Crippen LogP contribution in [0.25, 0.3) is 10.6 Å². The second-order valence-corrected chi connectivity index (χ2v) is 9.71. The van der Waals surface area contributed by atoms with Crippen LogP contribution in [0.5, 0.6) is 0 Å². The number of rotatable bonds is 5. The number of thiazole rings is 1. The molecule has 2 heterocycles. The molecular weight excluding hydrogens is 352 g/mol. The van der Waals surface area contributed by atoms with Gasteiger partial charge in [-0.05, 0) is 30.7 Å². The Bertz CT molecular complexity index is 771. The molecule has 1 fully saturated rings. The summed E-state index contributed by atoms with van der Waals surface area (Å²) < 4.78 is 22.8. The average Bonchev–Trinajstić information content (AvgIpc) is 3.15. The van der Waals surface area contributed by atoms with Gasteiger partial charge in [0.15, 0.2) is 9.84 Å². The number of sulfone groups is 1. The molecular formula is C15H16N2O3S3. The molecule has 1 saturated heterocycles. The lowest BCUT2D eigenvalue weighted by molar-refractivity contribution is -0.113. The van der Waals surface area contributed by atoms with Crippen LogP contribution in [0.2, 0.25) is 0 Å². The summed E-state index contributed by atoms with van der Waals surface area (Å²) in [5.74, 6) is 0.591. The van der Waals surface area contributed by atoms with Gasteiger partial charge in [-0.3, -0.25) is 4.79 Å². The van der Waals surface area contributed by atoms with Gasteiger partial charge in [-0.15, -0.1) is 23.1 Å². The lowest BCUT2D eigenvalue weighted by Crippen LogP contribution is -2.17. The Morgan fingerprint density at radius 3 is 2.74 bits per heavy atom. The van der Waals surface area contributed by atoms with Crippen LogP contribution in [0.15, 0.2) is 35.8 Å². The SMILES string of the molecule is O=C(CS[C@@H]1CCS(=O)(=O)C1)Nc1ccc(-c2nccs2)cc1. The normalized spacial score (nSPS) is 19.6. The van der Waals surface area contributed by atoms with Crippen molar-refractivity contribution < 1.29 is 13.2 Å². The fraction of sp³-hybridized carbons (Fsp3) is 0.333. The van der Waals surface area contributed by atoms with Crippen LogP contribution >= 0.6 is 23.1 Å². The van der Waals surface area contributed by atoms with E-state index in [2.05, 4.69) is 10.3 Å². The van der Waals surface area contributed by atoms with Gasteiger partial charge in [0.2, 0.25) is 5.91 Å². The van der Waals surface area contributed by atoms with Crippen molar-refractivity contribution >= 4 is 44.5 Å². The number of nitrogens with zero attached hydrogens (tertiary/aromatic N) is 1. The van der Waals surface area contributed by atoms with Crippen molar-refractivity contribution in [2.75, 3.05) is 22.6 Å². The number of amides is 1. The van der Waals surface area contributed by atoms with Crippen LogP contribution in [-0.4, -0.2) is 41.8 Å². The Balaban J connectivity index is 1.50. The minimum absolute atomic E-state index is 0.0398. The number of nitrogens with one attached hydrogen (secondary N) is 1. The maximum absolute atomic E-state index is 12.0. The Morgan fingerprint density at radius 1 is 1.35 bits per heavy atom. The van der Waals surface area contributed by atoms with Crippen LogP contribution in [0, 0.1) is 0 Å². The molecule has 8 heteroatoms. The molecule has 0 unspecified atom stereocenters. The van der Waals surface area contributed by atoms with Crippen LogP contribution in [0.3, 0.4) is 0 Å². The third-order valence-electron chi connectivity index (χ3n) is 3.49. The van der Waals surface area contributed by atoms with Gasteiger partial charge in [0.25, 0.3) is 0 Å². The van der Waals surface area contributed by atoms with Crippen molar-refractivity contribution in [3.63, 3.8) is 0 Å². The average molecular weight is 369 g/mol. The Hall–Kier alpha value is -1.38. The van der Waals surface area contributed by atoms with Gasteiger partial charge in [0.05, 0.1) is 17.3 Å². The molecule has 122 valence electrons. The van der Waals surface area contributed by atoms with E-state index >= 15 is 0 Å². The van der Waals surface area contributed by atoms with Crippen molar-refractivity contribution in [2.24, 2.45) is 0 Å². The summed E-state index contributed by atoms with van der Waals surface area (Å²) in [4.78, 5) is 16.2. The van der Waals surface area contributed by atoms with Crippen LogP contribution in [0.4, 0.5) is 5.69 Å². The van der Waals surface area contributed by atoms with Gasteiger partial charge >= 0.3 is 0 Å². The van der Waals surface area contributed by atoms with Gasteiger partial charge in [0, 0.05) is 28.1 Å². The largest absolute Gasteiger partial charge is 0.325 e. The first-order valence-corrected chi connectivity index (χ1v) is 10.9. The number of anilines is 1. The summed E-state index contributed by atoms with van der Waals surface area (Å²) in [7, 11) is -2.89. The fourth-order valence-corrected chi connectivity index (χ4v) is 6.43. The molecule has 1 aromatic heterocycles. The molecule has 5 nitrogen and oxygen atoms in total. The first kappa shape index (κ1) is 16.5. The predicted octanol–water partition coefficient (Wildman–Crippen LogP) is 2.67. The molecule has 1 aliphatic heterocycles. The van der Waals surface area contributed by atoms with E-state index in [0.717, 1.165) is 16.3 Å². The summed E-state index contributed by atoms with van der Waals surface area (Å²) in [5.41, 5.74) is 1.75. The van der Waals surface area contributed by atoms with Crippen LogP contribution in [0.1, 0.15) is 6.42 Å². The van der Waals surface area contributed by atoms with E-state index < -0.39 is 9.84 Å². The molecule has 23 heavy (non-hydrogen) atoms. The summed E-state index contributed by atoms with van der Waals surface area (Å²) in [6.07, 6.45) is 2.40. The van der Waals surface area contributed by atoms with Gasteiger partial charge < -0.3 is 5.32 Å². The maximum atomic E-state index is 12.0.